The maximum absolute atomic E-state index is 5.87. The van der Waals surface area contributed by atoms with Gasteiger partial charge in [0.2, 0.25) is 0 Å². The fourth-order valence-corrected chi connectivity index (χ4v) is 2.47. The molecule has 0 unspecified atom stereocenters. The quantitative estimate of drug-likeness (QED) is 0.563. The first kappa shape index (κ1) is 17.6. The summed E-state index contributed by atoms with van der Waals surface area (Å²) in [5, 5.41) is 7.78. The van der Waals surface area contributed by atoms with E-state index in [1.807, 2.05) is 43.3 Å². The summed E-state index contributed by atoms with van der Waals surface area (Å²) in [5.74, 6) is 0.861. The highest BCUT2D eigenvalue weighted by molar-refractivity contribution is 7.80. The van der Waals surface area contributed by atoms with Crippen molar-refractivity contribution in [1.29, 1.82) is 0 Å². The molecule has 2 aromatic rings. The highest BCUT2D eigenvalue weighted by Gasteiger charge is 1.99. The smallest absolute Gasteiger partial charge is 0.170 e. The van der Waals surface area contributed by atoms with Gasteiger partial charge in [0.25, 0.3) is 0 Å². The van der Waals surface area contributed by atoms with Crippen molar-refractivity contribution in [3.05, 3.63) is 59.1 Å². The van der Waals surface area contributed by atoms with Crippen molar-refractivity contribution in [2.24, 2.45) is 0 Å². The minimum Gasteiger partial charge on any atom is -0.494 e. The first-order valence-corrected chi connectivity index (χ1v) is 8.48. The molecule has 0 fully saturated rings. The lowest BCUT2D eigenvalue weighted by atomic mass is 10.1. The Bertz CT molecular complexity index is 614. The Balaban J connectivity index is 1.67. The molecule has 0 aliphatic rings. The van der Waals surface area contributed by atoms with Crippen LogP contribution in [-0.2, 0) is 6.42 Å². The predicted octanol–water partition coefficient (Wildman–Crippen LogP) is 4.66. The van der Waals surface area contributed by atoms with E-state index in [0.29, 0.717) is 11.7 Å². The largest absolute Gasteiger partial charge is 0.494 e. The average molecular weight is 349 g/mol. The molecule has 5 heteroatoms. The first-order valence-electron chi connectivity index (χ1n) is 7.69. The molecule has 0 aliphatic heterocycles. The summed E-state index contributed by atoms with van der Waals surface area (Å²) in [6.45, 7) is 3.46. The van der Waals surface area contributed by atoms with Crippen LogP contribution < -0.4 is 15.4 Å². The van der Waals surface area contributed by atoms with Gasteiger partial charge in [0.1, 0.15) is 5.75 Å². The van der Waals surface area contributed by atoms with E-state index in [-0.39, 0.29) is 0 Å². The number of nitrogens with one attached hydrogen (secondary N) is 2. The Morgan fingerprint density at radius 3 is 2.43 bits per heavy atom. The fraction of sp³-hybridized carbons (Fsp3) is 0.278. The summed E-state index contributed by atoms with van der Waals surface area (Å²) in [6, 6.07) is 15.7. The lowest BCUT2D eigenvalue weighted by Crippen LogP contribution is -2.29. The van der Waals surface area contributed by atoms with Crippen LogP contribution in [0.2, 0.25) is 5.02 Å². The molecule has 2 N–H and O–H groups in total. The Labute approximate surface area is 148 Å². The van der Waals surface area contributed by atoms with Crippen LogP contribution in [0.5, 0.6) is 5.75 Å². The van der Waals surface area contributed by atoms with Crippen molar-refractivity contribution in [3.63, 3.8) is 0 Å². The molecule has 2 aromatic carbocycles. The lowest BCUT2D eigenvalue weighted by Gasteiger charge is -2.11. The van der Waals surface area contributed by atoms with Gasteiger partial charge in [0, 0.05) is 17.3 Å². The normalized spacial score (nSPS) is 10.2. The van der Waals surface area contributed by atoms with Crippen LogP contribution in [0, 0.1) is 0 Å². The monoisotopic (exact) mass is 348 g/mol. The Morgan fingerprint density at radius 1 is 1.09 bits per heavy atom. The van der Waals surface area contributed by atoms with E-state index in [0.717, 1.165) is 35.8 Å². The van der Waals surface area contributed by atoms with E-state index in [9.17, 15) is 0 Å². The van der Waals surface area contributed by atoms with E-state index >= 15 is 0 Å². The molecule has 2 rings (SSSR count). The third-order valence-electron chi connectivity index (χ3n) is 3.26. The SMILES string of the molecule is CCOc1ccc(NC(=S)NCCCc2ccc(Cl)cc2)cc1. The molecular weight excluding hydrogens is 328 g/mol. The summed E-state index contributed by atoms with van der Waals surface area (Å²) in [4.78, 5) is 0. The second-order valence-corrected chi connectivity index (χ2v) is 5.91. The molecule has 0 heterocycles. The van der Waals surface area contributed by atoms with Crippen LogP contribution in [-0.4, -0.2) is 18.3 Å². The van der Waals surface area contributed by atoms with Gasteiger partial charge in [0.05, 0.1) is 6.61 Å². The summed E-state index contributed by atoms with van der Waals surface area (Å²) < 4.78 is 5.41. The van der Waals surface area contributed by atoms with Crippen LogP contribution in [0.25, 0.3) is 0 Å². The summed E-state index contributed by atoms with van der Waals surface area (Å²) in [7, 11) is 0. The fourth-order valence-electron chi connectivity index (χ4n) is 2.12. The van der Waals surface area contributed by atoms with E-state index in [1.165, 1.54) is 5.56 Å². The Hall–Kier alpha value is -1.78. The number of aryl methyl sites for hydroxylation is 1. The molecule has 0 amide bonds. The van der Waals surface area contributed by atoms with Gasteiger partial charge < -0.3 is 15.4 Å². The summed E-state index contributed by atoms with van der Waals surface area (Å²) in [5.41, 5.74) is 2.23. The lowest BCUT2D eigenvalue weighted by molar-refractivity contribution is 0.340. The molecular formula is C18H21ClN2OS. The topological polar surface area (TPSA) is 33.3 Å². The molecule has 23 heavy (non-hydrogen) atoms. The molecule has 0 radical (unpaired) electrons. The second-order valence-electron chi connectivity index (χ2n) is 5.07. The van der Waals surface area contributed by atoms with Crippen LogP contribution in [0.15, 0.2) is 48.5 Å². The molecule has 0 spiro atoms. The Morgan fingerprint density at radius 2 is 1.78 bits per heavy atom. The molecule has 0 bridgehead atoms. The molecule has 122 valence electrons. The zero-order chi connectivity index (χ0) is 16.5. The minimum absolute atomic E-state index is 0.630. The van der Waals surface area contributed by atoms with Crippen molar-refractivity contribution >= 4 is 34.6 Å². The van der Waals surface area contributed by atoms with Crippen molar-refractivity contribution in [1.82, 2.24) is 5.32 Å². The van der Waals surface area contributed by atoms with Crippen LogP contribution in [0.4, 0.5) is 5.69 Å². The van der Waals surface area contributed by atoms with Crippen molar-refractivity contribution in [2.75, 3.05) is 18.5 Å². The van der Waals surface area contributed by atoms with Crippen molar-refractivity contribution in [2.45, 2.75) is 19.8 Å². The van der Waals surface area contributed by atoms with E-state index in [4.69, 9.17) is 28.6 Å². The van der Waals surface area contributed by atoms with E-state index in [2.05, 4.69) is 22.8 Å². The number of hydrogen-bond acceptors (Lipinski definition) is 2. The zero-order valence-corrected chi connectivity index (χ0v) is 14.7. The van der Waals surface area contributed by atoms with Gasteiger partial charge in [-0.25, -0.2) is 0 Å². The van der Waals surface area contributed by atoms with Crippen molar-refractivity contribution < 1.29 is 4.74 Å². The molecule has 0 saturated carbocycles. The minimum atomic E-state index is 0.630. The maximum atomic E-state index is 5.87. The number of halogens is 1. The summed E-state index contributed by atoms with van der Waals surface area (Å²) >= 11 is 11.2. The number of thiocarbonyl (C=S) groups is 1. The van der Waals surface area contributed by atoms with Gasteiger partial charge in [-0.05, 0) is 73.9 Å². The highest BCUT2D eigenvalue weighted by Crippen LogP contribution is 2.15. The Kier molecular flexibility index (Phi) is 7.17. The van der Waals surface area contributed by atoms with Gasteiger partial charge in [-0.15, -0.1) is 0 Å². The zero-order valence-electron chi connectivity index (χ0n) is 13.1. The van der Waals surface area contributed by atoms with Crippen LogP contribution in [0.3, 0.4) is 0 Å². The maximum Gasteiger partial charge on any atom is 0.170 e. The van der Waals surface area contributed by atoms with Gasteiger partial charge in [-0.2, -0.15) is 0 Å². The number of ether oxygens (including phenoxy) is 1. The van der Waals surface area contributed by atoms with Gasteiger partial charge >= 0.3 is 0 Å². The summed E-state index contributed by atoms with van der Waals surface area (Å²) in [6.07, 6.45) is 2.00. The number of hydrogen-bond donors (Lipinski definition) is 2. The van der Waals surface area contributed by atoms with E-state index in [1.54, 1.807) is 0 Å². The average Bonchev–Trinajstić information content (AvgIpc) is 2.55. The number of benzene rings is 2. The molecule has 0 aromatic heterocycles. The molecule has 0 saturated heterocycles. The standard InChI is InChI=1S/C18H21ClN2OS/c1-2-22-17-11-9-16(10-12-17)21-18(23)20-13-3-4-14-5-7-15(19)8-6-14/h5-12H,2-4,13H2,1H3,(H2,20,21,23). The van der Waals surface area contributed by atoms with Crippen molar-refractivity contribution in [3.8, 4) is 5.75 Å². The molecule has 0 atom stereocenters. The van der Waals surface area contributed by atoms with Gasteiger partial charge in [0.15, 0.2) is 5.11 Å². The highest BCUT2D eigenvalue weighted by atomic mass is 35.5. The second kappa shape index (κ2) is 9.38. The molecule has 0 aliphatic carbocycles. The molecule has 3 nitrogen and oxygen atoms in total. The predicted molar refractivity (Wildman–Crippen MR) is 102 cm³/mol. The third kappa shape index (κ3) is 6.47. The van der Waals surface area contributed by atoms with E-state index < -0.39 is 0 Å². The van der Waals surface area contributed by atoms with Gasteiger partial charge in [-0.1, -0.05) is 23.7 Å². The van der Waals surface area contributed by atoms with Gasteiger partial charge in [-0.3, -0.25) is 0 Å². The number of rotatable bonds is 7. The van der Waals surface area contributed by atoms with Crippen LogP contribution >= 0.6 is 23.8 Å². The number of anilines is 1. The first-order chi connectivity index (χ1) is 11.2. The third-order valence-corrected chi connectivity index (χ3v) is 3.76. The van der Waals surface area contributed by atoms with Crippen LogP contribution in [0.1, 0.15) is 18.9 Å².